The zero-order chi connectivity index (χ0) is 12.1. The number of carbonyl (C=O) groups is 1. The minimum absolute atomic E-state index is 0.0698. The van der Waals surface area contributed by atoms with E-state index in [9.17, 15) is 4.79 Å². The largest absolute Gasteiger partial charge is 0.459 e. The van der Waals surface area contributed by atoms with E-state index in [2.05, 4.69) is 0 Å². The van der Waals surface area contributed by atoms with Crippen molar-refractivity contribution in [3.05, 3.63) is 54.5 Å². The van der Waals surface area contributed by atoms with Gasteiger partial charge in [-0.15, -0.1) is 0 Å². The lowest BCUT2D eigenvalue weighted by Gasteiger charge is -2.22. The van der Waals surface area contributed by atoms with Gasteiger partial charge in [-0.1, -0.05) is 30.4 Å². The Morgan fingerprint density at radius 2 is 2.12 bits per heavy atom. The third-order valence-electron chi connectivity index (χ3n) is 2.49. The molecule has 3 nitrogen and oxygen atoms in total. The molecule has 2 atom stereocenters. The van der Waals surface area contributed by atoms with Gasteiger partial charge in [-0.05, 0) is 19.1 Å². The Labute approximate surface area is 101 Å². The van der Waals surface area contributed by atoms with E-state index in [1.807, 2.05) is 43.7 Å². The van der Waals surface area contributed by atoms with Gasteiger partial charge in [0.15, 0.2) is 0 Å². The summed E-state index contributed by atoms with van der Waals surface area (Å²) in [5.74, 6) is -0.315. The zero-order valence-corrected chi connectivity index (χ0v) is 9.71. The Morgan fingerprint density at radius 3 is 2.82 bits per heavy atom. The number of hydrogen-bond acceptors (Lipinski definition) is 3. The average Bonchev–Trinajstić information content (AvgIpc) is 2.37. The van der Waals surface area contributed by atoms with E-state index in [0.717, 1.165) is 0 Å². The highest BCUT2D eigenvalue weighted by atomic mass is 16.6. The molecule has 0 bridgehead atoms. The zero-order valence-electron chi connectivity index (χ0n) is 9.71. The predicted molar refractivity (Wildman–Crippen MR) is 64.5 cm³/mol. The molecule has 17 heavy (non-hydrogen) atoms. The van der Waals surface area contributed by atoms with Crippen LogP contribution < -0.4 is 0 Å². The second-order valence-corrected chi connectivity index (χ2v) is 3.92. The second-order valence-electron chi connectivity index (χ2n) is 3.92. The quantitative estimate of drug-likeness (QED) is 0.749. The number of hydrogen-bond donors (Lipinski definition) is 0. The van der Waals surface area contributed by atoms with Gasteiger partial charge < -0.3 is 9.47 Å². The summed E-state index contributed by atoms with van der Waals surface area (Å²) >= 11 is 0. The van der Waals surface area contributed by atoms with Crippen LogP contribution in [0.5, 0.6) is 0 Å². The van der Waals surface area contributed by atoms with Crippen molar-refractivity contribution in [1.29, 1.82) is 0 Å². The Morgan fingerprint density at radius 1 is 1.35 bits per heavy atom. The highest BCUT2D eigenvalue weighted by molar-refractivity contribution is 5.89. The predicted octanol–water partition coefficient (Wildman–Crippen LogP) is 2.39. The highest BCUT2D eigenvalue weighted by Gasteiger charge is 2.17. The molecule has 1 aliphatic rings. The van der Waals surface area contributed by atoms with E-state index in [4.69, 9.17) is 9.47 Å². The van der Waals surface area contributed by atoms with Crippen molar-refractivity contribution in [2.75, 3.05) is 6.61 Å². The van der Waals surface area contributed by atoms with Gasteiger partial charge in [0.2, 0.25) is 0 Å². The molecule has 3 heteroatoms. The fourth-order valence-corrected chi connectivity index (χ4v) is 1.62. The van der Waals surface area contributed by atoms with Gasteiger partial charge in [0.05, 0.1) is 17.8 Å². The number of carbonyl (C=O) groups excluding carboxylic acids is 1. The Hall–Kier alpha value is -1.61. The second kappa shape index (κ2) is 5.64. The summed E-state index contributed by atoms with van der Waals surface area (Å²) in [5.41, 5.74) is 0.562. The van der Waals surface area contributed by atoms with Gasteiger partial charge in [0.25, 0.3) is 0 Å². The summed E-state index contributed by atoms with van der Waals surface area (Å²) in [4.78, 5) is 11.7. The molecule has 89 valence electrons. The maximum atomic E-state index is 11.7. The summed E-state index contributed by atoms with van der Waals surface area (Å²) in [6.07, 6.45) is 5.70. The van der Waals surface area contributed by atoms with E-state index >= 15 is 0 Å². The number of benzene rings is 1. The molecule has 0 aliphatic carbocycles. The molecule has 1 aromatic carbocycles. The summed E-state index contributed by atoms with van der Waals surface area (Å²) in [6.45, 7) is 2.21. The summed E-state index contributed by atoms with van der Waals surface area (Å²) in [6, 6.07) is 8.95. The van der Waals surface area contributed by atoms with Gasteiger partial charge in [0.1, 0.15) is 6.61 Å². The minimum atomic E-state index is -0.315. The first kappa shape index (κ1) is 11.9. The molecule has 2 rings (SSSR count). The SMILES string of the molecule is C[C@H]1C=C[CH][C@@H](COC(=O)c2ccccc2)O1. The lowest BCUT2D eigenvalue weighted by molar-refractivity contribution is -0.0128. The fourth-order valence-electron chi connectivity index (χ4n) is 1.62. The maximum Gasteiger partial charge on any atom is 0.338 e. The molecule has 1 aliphatic heterocycles. The standard InChI is InChI=1S/C14H15O3/c1-11-6-5-9-13(17-11)10-16-14(15)12-7-3-2-4-8-12/h2-9,11,13H,10H2,1H3/t11-,13-/m0/s1. The first-order chi connectivity index (χ1) is 8.25. The van der Waals surface area contributed by atoms with Crippen molar-refractivity contribution in [2.45, 2.75) is 19.1 Å². The summed E-state index contributed by atoms with van der Waals surface area (Å²) < 4.78 is 10.7. The smallest absolute Gasteiger partial charge is 0.338 e. The van der Waals surface area contributed by atoms with Gasteiger partial charge in [-0.2, -0.15) is 0 Å². The fraction of sp³-hybridized carbons (Fsp3) is 0.286. The molecule has 0 unspecified atom stereocenters. The molecule has 0 spiro atoms. The normalized spacial score (nSPS) is 23.4. The van der Waals surface area contributed by atoms with E-state index in [1.54, 1.807) is 12.1 Å². The molecule has 1 radical (unpaired) electrons. The summed E-state index contributed by atoms with van der Waals surface area (Å²) in [5, 5.41) is 0. The molecule has 0 N–H and O–H groups in total. The number of rotatable bonds is 3. The molecule has 0 fully saturated rings. The van der Waals surface area contributed by atoms with E-state index in [0.29, 0.717) is 5.56 Å². The first-order valence-electron chi connectivity index (χ1n) is 5.65. The molecule has 0 amide bonds. The molecule has 0 saturated heterocycles. The number of ether oxygens (including phenoxy) is 2. The van der Waals surface area contributed by atoms with Crippen molar-refractivity contribution >= 4 is 5.97 Å². The van der Waals surface area contributed by atoms with Crippen LogP contribution in [0.4, 0.5) is 0 Å². The minimum Gasteiger partial charge on any atom is -0.459 e. The van der Waals surface area contributed by atoms with E-state index in [1.165, 1.54) is 0 Å². The van der Waals surface area contributed by atoms with Gasteiger partial charge in [-0.3, -0.25) is 0 Å². The highest BCUT2D eigenvalue weighted by Crippen LogP contribution is 2.12. The van der Waals surface area contributed by atoms with Crippen LogP contribution in [0.1, 0.15) is 17.3 Å². The van der Waals surface area contributed by atoms with Crippen molar-refractivity contribution in [3.8, 4) is 0 Å². The van der Waals surface area contributed by atoms with Crippen LogP contribution in [-0.2, 0) is 9.47 Å². The molecular weight excluding hydrogens is 216 g/mol. The van der Waals surface area contributed by atoms with Crippen LogP contribution >= 0.6 is 0 Å². The van der Waals surface area contributed by atoms with Gasteiger partial charge in [-0.25, -0.2) is 4.79 Å². The van der Waals surface area contributed by atoms with Crippen LogP contribution in [0.2, 0.25) is 0 Å². The summed E-state index contributed by atoms with van der Waals surface area (Å²) in [7, 11) is 0. The van der Waals surface area contributed by atoms with Crippen molar-refractivity contribution < 1.29 is 14.3 Å². The van der Waals surface area contributed by atoms with Crippen molar-refractivity contribution in [3.63, 3.8) is 0 Å². The van der Waals surface area contributed by atoms with E-state index in [-0.39, 0.29) is 24.8 Å². The van der Waals surface area contributed by atoms with Crippen LogP contribution in [0.25, 0.3) is 0 Å². The Balaban J connectivity index is 1.83. The monoisotopic (exact) mass is 231 g/mol. The molecule has 0 aromatic heterocycles. The van der Waals surface area contributed by atoms with Crippen molar-refractivity contribution in [1.82, 2.24) is 0 Å². The van der Waals surface area contributed by atoms with Gasteiger partial charge >= 0.3 is 5.97 Å². The third kappa shape index (κ3) is 3.43. The molecular formula is C14H15O3. The van der Waals surface area contributed by atoms with Crippen LogP contribution in [0, 0.1) is 6.42 Å². The molecule has 1 heterocycles. The lowest BCUT2D eigenvalue weighted by atomic mass is 10.1. The van der Waals surface area contributed by atoms with Crippen LogP contribution in [0.15, 0.2) is 42.5 Å². The molecule has 0 saturated carbocycles. The Bertz CT molecular complexity index is 397. The van der Waals surface area contributed by atoms with Gasteiger partial charge in [0, 0.05) is 6.42 Å². The lowest BCUT2D eigenvalue weighted by Crippen LogP contribution is -2.28. The first-order valence-corrected chi connectivity index (χ1v) is 5.65. The van der Waals surface area contributed by atoms with E-state index < -0.39 is 0 Å². The maximum absolute atomic E-state index is 11.7. The topological polar surface area (TPSA) is 35.5 Å². The van der Waals surface area contributed by atoms with Crippen molar-refractivity contribution in [2.24, 2.45) is 0 Å². The average molecular weight is 231 g/mol. The Kier molecular flexibility index (Phi) is 3.94. The number of esters is 1. The van der Waals surface area contributed by atoms with Crippen LogP contribution in [0.3, 0.4) is 0 Å². The molecule has 1 aromatic rings. The van der Waals surface area contributed by atoms with Crippen LogP contribution in [-0.4, -0.2) is 24.8 Å². The third-order valence-corrected chi connectivity index (χ3v) is 2.49.